The van der Waals surface area contributed by atoms with E-state index in [1.165, 1.54) is 5.57 Å². The summed E-state index contributed by atoms with van der Waals surface area (Å²) in [7, 11) is 0. The van der Waals surface area contributed by atoms with Crippen molar-refractivity contribution in [3.05, 3.63) is 35.4 Å². The number of anilines is 1. The third-order valence-corrected chi connectivity index (χ3v) is 7.75. The molecule has 3 N–H and O–H groups in total. The molecule has 2 aliphatic heterocycles. The molecule has 2 saturated heterocycles. The second-order valence-corrected chi connectivity index (χ2v) is 12.4. The van der Waals surface area contributed by atoms with Gasteiger partial charge in [-0.3, -0.25) is 5.32 Å². The van der Waals surface area contributed by atoms with Gasteiger partial charge in [-0.25, -0.2) is 4.79 Å². The summed E-state index contributed by atoms with van der Waals surface area (Å²) in [6, 6.07) is 6.24. The largest absolute Gasteiger partial charge is 0.444 e. The Morgan fingerprint density at radius 3 is 2.29 bits per heavy atom. The van der Waals surface area contributed by atoms with Crippen molar-refractivity contribution in [2.24, 2.45) is 5.41 Å². The predicted molar refractivity (Wildman–Crippen MR) is 134 cm³/mol. The monoisotopic (exact) mass is 471 g/mol. The first-order valence-corrected chi connectivity index (χ1v) is 12.6. The number of carbonyl (C=O) groups is 1. The highest BCUT2D eigenvalue weighted by molar-refractivity contribution is 5.90. The quantitative estimate of drug-likeness (QED) is 0.507. The van der Waals surface area contributed by atoms with Crippen LogP contribution in [0.25, 0.3) is 5.57 Å². The molecule has 6 heteroatoms. The number of hydrogen-bond acceptors (Lipinski definition) is 5. The number of allylic oxidation sites excluding steroid dienone is 2. The first-order valence-electron chi connectivity index (χ1n) is 12.6. The molecule has 2 heterocycles. The predicted octanol–water partition coefficient (Wildman–Crippen LogP) is 5.78. The fourth-order valence-electron chi connectivity index (χ4n) is 5.79. The van der Waals surface area contributed by atoms with Crippen LogP contribution in [0.1, 0.15) is 96.6 Å². The minimum Gasteiger partial charge on any atom is -0.444 e. The van der Waals surface area contributed by atoms with Gasteiger partial charge in [-0.1, -0.05) is 26.0 Å². The van der Waals surface area contributed by atoms with E-state index in [2.05, 4.69) is 37.4 Å². The van der Waals surface area contributed by atoms with Gasteiger partial charge in [-0.2, -0.15) is 0 Å². The number of aliphatic hydroxyl groups excluding tert-OH is 2. The van der Waals surface area contributed by atoms with Gasteiger partial charge in [-0.05, 0) is 100 Å². The van der Waals surface area contributed by atoms with Crippen molar-refractivity contribution in [3.63, 3.8) is 0 Å². The first kappa shape index (κ1) is 25.2. The molecule has 0 spiro atoms. The summed E-state index contributed by atoms with van der Waals surface area (Å²) >= 11 is 0. The molecule has 2 bridgehead atoms. The molecule has 0 aromatic heterocycles. The van der Waals surface area contributed by atoms with Gasteiger partial charge in [0.15, 0.2) is 0 Å². The lowest BCUT2D eigenvalue weighted by molar-refractivity contribution is -0.177. The lowest BCUT2D eigenvalue weighted by Gasteiger charge is -2.43. The summed E-state index contributed by atoms with van der Waals surface area (Å²) in [5.74, 6) is 0.172. The zero-order valence-electron chi connectivity index (χ0n) is 21.4. The molecule has 34 heavy (non-hydrogen) atoms. The SMILES string of the molecule is CC1(C)CC=C(c2cc(C3CC4(CO)CCC(CO)(C3)O4)ccc2NC(=O)OC(C)(C)C)CC1. The Bertz CT molecular complexity index is 942. The second kappa shape index (κ2) is 8.96. The molecule has 4 rings (SSSR count). The van der Waals surface area contributed by atoms with Gasteiger partial charge < -0.3 is 19.7 Å². The number of aliphatic hydroxyl groups is 2. The summed E-state index contributed by atoms with van der Waals surface area (Å²) < 4.78 is 11.7. The molecule has 1 aliphatic carbocycles. The summed E-state index contributed by atoms with van der Waals surface area (Å²) in [5.41, 5.74) is 2.76. The molecular weight excluding hydrogens is 430 g/mol. The van der Waals surface area contributed by atoms with Crippen molar-refractivity contribution < 1.29 is 24.5 Å². The number of hydrogen-bond donors (Lipinski definition) is 3. The van der Waals surface area contributed by atoms with E-state index in [1.54, 1.807) is 0 Å². The molecule has 1 amide bonds. The minimum absolute atomic E-state index is 0.0311. The average molecular weight is 472 g/mol. The van der Waals surface area contributed by atoms with E-state index in [9.17, 15) is 15.0 Å². The highest BCUT2D eigenvalue weighted by Gasteiger charge is 2.55. The van der Waals surface area contributed by atoms with Crippen LogP contribution < -0.4 is 5.32 Å². The third-order valence-electron chi connectivity index (χ3n) is 7.75. The van der Waals surface area contributed by atoms with Crippen LogP contribution in [0.2, 0.25) is 0 Å². The summed E-state index contributed by atoms with van der Waals surface area (Å²) in [5, 5.41) is 23.2. The molecule has 1 aromatic carbocycles. The number of benzene rings is 1. The zero-order valence-corrected chi connectivity index (χ0v) is 21.4. The van der Waals surface area contributed by atoms with Gasteiger partial charge in [0.05, 0.1) is 30.1 Å². The average Bonchev–Trinajstić information content (AvgIpc) is 3.04. The van der Waals surface area contributed by atoms with Crippen molar-refractivity contribution in [1.82, 2.24) is 0 Å². The Balaban J connectivity index is 1.67. The first-order chi connectivity index (χ1) is 15.9. The summed E-state index contributed by atoms with van der Waals surface area (Å²) in [6.07, 6.45) is 7.89. The van der Waals surface area contributed by atoms with Gasteiger partial charge in [0.25, 0.3) is 0 Å². The van der Waals surface area contributed by atoms with Crippen LogP contribution in [0.4, 0.5) is 10.5 Å². The zero-order chi connectivity index (χ0) is 24.8. The third kappa shape index (κ3) is 5.34. The molecule has 1 aromatic rings. The van der Waals surface area contributed by atoms with Crippen molar-refractivity contribution in [2.75, 3.05) is 18.5 Å². The molecular formula is C28H41NO5. The van der Waals surface area contributed by atoms with Crippen molar-refractivity contribution in [1.29, 1.82) is 0 Å². The summed E-state index contributed by atoms with van der Waals surface area (Å²) in [4.78, 5) is 12.6. The van der Waals surface area contributed by atoms with E-state index in [0.29, 0.717) is 0 Å². The van der Waals surface area contributed by atoms with E-state index in [0.717, 1.165) is 61.8 Å². The van der Waals surface area contributed by atoms with Crippen LogP contribution >= 0.6 is 0 Å². The maximum absolute atomic E-state index is 12.6. The molecule has 0 radical (unpaired) electrons. The number of amides is 1. The lowest BCUT2D eigenvalue weighted by Crippen LogP contribution is -2.47. The number of carbonyl (C=O) groups excluding carboxylic acids is 1. The van der Waals surface area contributed by atoms with Crippen LogP contribution in [-0.4, -0.2) is 46.3 Å². The lowest BCUT2D eigenvalue weighted by atomic mass is 9.75. The van der Waals surface area contributed by atoms with Gasteiger partial charge >= 0.3 is 6.09 Å². The smallest absolute Gasteiger partial charge is 0.412 e. The van der Waals surface area contributed by atoms with Crippen molar-refractivity contribution >= 4 is 17.4 Å². The van der Waals surface area contributed by atoms with Crippen LogP contribution in [-0.2, 0) is 9.47 Å². The number of rotatable bonds is 5. The minimum atomic E-state index is -0.576. The normalized spacial score (nSPS) is 30.6. The van der Waals surface area contributed by atoms with E-state index in [4.69, 9.17) is 9.47 Å². The van der Waals surface area contributed by atoms with Crippen molar-refractivity contribution in [3.8, 4) is 0 Å². The van der Waals surface area contributed by atoms with Gasteiger partial charge in [0.1, 0.15) is 5.60 Å². The Morgan fingerprint density at radius 1 is 1.12 bits per heavy atom. The van der Waals surface area contributed by atoms with Gasteiger partial charge in [0, 0.05) is 5.56 Å². The molecule has 3 aliphatic rings. The Labute approximate surface area is 203 Å². The number of nitrogens with one attached hydrogen (secondary N) is 1. The highest BCUT2D eigenvalue weighted by atomic mass is 16.6. The van der Waals surface area contributed by atoms with Crippen LogP contribution in [0, 0.1) is 5.41 Å². The van der Waals surface area contributed by atoms with Gasteiger partial charge in [-0.15, -0.1) is 0 Å². The van der Waals surface area contributed by atoms with Crippen LogP contribution in [0.15, 0.2) is 24.3 Å². The van der Waals surface area contributed by atoms with E-state index in [1.807, 2.05) is 26.8 Å². The topological polar surface area (TPSA) is 88.0 Å². The maximum atomic E-state index is 12.6. The second-order valence-electron chi connectivity index (χ2n) is 12.4. The number of fused-ring (bicyclic) bond motifs is 2. The fraction of sp³-hybridized carbons (Fsp3) is 0.679. The van der Waals surface area contributed by atoms with E-state index in [-0.39, 0.29) is 24.5 Å². The maximum Gasteiger partial charge on any atom is 0.412 e. The Morgan fingerprint density at radius 2 is 1.76 bits per heavy atom. The molecule has 0 saturated carbocycles. The van der Waals surface area contributed by atoms with E-state index >= 15 is 0 Å². The van der Waals surface area contributed by atoms with Gasteiger partial charge in [0.2, 0.25) is 0 Å². The molecule has 2 unspecified atom stereocenters. The Hall–Kier alpha value is -1.89. The number of ether oxygens (including phenoxy) is 2. The molecule has 2 fully saturated rings. The standard InChI is InChI=1S/C28H41NO5/c1-25(2,3)33-24(32)29-23-7-6-20(14-22(23)19-8-10-26(4,5)11-9-19)21-15-27(17-30)12-13-28(16-21,18-31)34-27/h6-8,14,21,30-31H,9-13,15-18H2,1-5H3,(H,29,32). The van der Waals surface area contributed by atoms with E-state index < -0.39 is 22.9 Å². The Kier molecular flexibility index (Phi) is 6.64. The fourth-order valence-corrected chi connectivity index (χ4v) is 5.79. The molecule has 2 atom stereocenters. The van der Waals surface area contributed by atoms with Crippen LogP contribution in [0.5, 0.6) is 0 Å². The summed E-state index contributed by atoms with van der Waals surface area (Å²) in [6.45, 7) is 10.1. The molecule has 6 nitrogen and oxygen atoms in total. The highest BCUT2D eigenvalue weighted by Crippen LogP contribution is 2.53. The van der Waals surface area contributed by atoms with Crippen molar-refractivity contribution in [2.45, 2.75) is 102 Å². The molecule has 188 valence electrons. The van der Waals surface area contributed by atoms with Crippen LogP contribution in [0.3, 0.4) is 0 Å².